The van der Waals surface area contributed by atoms with Gasteiger partial charge in [0.25, 0.3) is 10.0 Å². The summed E-state index contributed by atoms with van der Waals surface area (Å²) in [5, 5.41) is -0.269. The van der Waals surface area contributed by atoms with Crippen LogP contribution in [0.25, 0.3) is 0 Å². The molecule has 0 bridgehead atoms. The van der Waals surface area contributed by atoms with Gasteiger partial charge in [0.05, 0.1) is 13.2 Å². The van der Waals surface area contributed by atoms with Gasteiger partial charge < -0.3 is 23.8 Å². The first-order chi connectivity index (χ1) is 17.6. The smallest absolute Gasteiger partial charge is 0.410 e. The molecule has 0 spiro atoms. The highest BCUT2D eigenvalue weighted by Gasteiger charge is 2.49. The monoisotopic (exact) mass is 560 g/mol. The van der Waals surface area contributed by atoms with E-state index in [0.717, 1.165) is 9.21 Å². The van der Waals surface area contributed by atoms with Gasteiger partial charge in [0, 0.05) is 63.3 Å². The number of anilines is 2. The molecule has 0 N–H and O–H groups in total. The highest BCUT2D eigenvalue weighted by molar-refractivity contribution is 7.89. The fraction of sp³-hybridized carbons (Fsp3) is 0.667. The van der Waals surface area contributed by atoms with Crippen molar-refractivity contribution in [3.63, 3.8) is 0 Å². The molecule has 2 aromatic rings. The molecule has 4 heterocycles. The van der Waals surface area contributed by atoms with Gasteiger partial charge in [-0.15, -0.1) is 0 Å². The zero-order valence-electron chi connectivity index (χ0n) is 22.5. The van der Waals surface area contributed by atoms with Crippen molar-refractivity contribution in [2.75, 3.05) is 49.2 Å². The fourth-order valence-electron chi connectivity index (χ4n) is 4.58. The summed E-state index contributed by atoms with van der Waals surface area (Å²) in [6.45, 7) is 9.51. The number of sulfonamides is 1. The number of hydrogen-bond acceptors (Lipinski definition) is 8. The number of hydrogen-bond donors (Lipinski definition) is 0. The van der Waals surface area contributed by atoms with Crippen molar-refractivity contribution in [1.29, 1.82) is 0 Å². The molecule has 2 aliphatic heterocycles. The SMILES string of the molecule is Cc1nc(S(=O)(=O)N2CCN(c3cc(N4CCOC[C@H]4C)cc(OC(C)(C)C)n3)C(C(F)(F)F)C2)cn1C. The molecule has 10 nitrogen and oxygen atoms in total. The molecule has 38 heavy (non-hydrogen) atoms. The third-order valence-corrected chi connectivity index (χ3v) is 8.33. The quantitative estimate of drug-likeness (QED) is 0.551. The van der Waals surface area contributed by atoms with E-state index in [4.69, 9.17) is 9.47 Å². The number of imidazole rings is 1. The second-order valence-corrected chi connectivity index (χ2v) is 12.6. The Balaban J connectivity index is 1.71. The maximum Gasteiger partial charge on any atom is 0.410 e. The first-order valence-corrected chi connectivity index (χ1v) is 13.9. The Morgan fingerprint density at radius 3 is 2.37 bits per heavy atom. The highest BCUT2D eigenvalue weighted by Crippen LogP contribution is 2.36. The van der Waals surface area contributed by atoms with Gasteiger partial charge in [-0.2, -0.15) is 22.5 Å². The van der Waals surface area contributed by atoms with Crippen molar-refractivity contribution in [2.45, 2.75) is 63.5 Å². The second kappa shape index (κ2) is 10.2. The summed E-state index contributed by atoms with van der Waals surface area (Å²) in [5.74, 6) is 0.719. The minimum atomic E-state index is -4.72. The fourth-order valence-corrected chi connectivity index (χ4v) is 6.04. The summed E-state index contributed by atoms with van der Waals surface area (Å²) in [6, 6.07) is 1.23. The molecular weight excluding hydrogens is 525 g/mol. The topological polar surface area (TPSA) is 93.0 Å². The van der Waals surface area contributed by atoms with Crippen molar-refractivity contribution in [1.82, 2.24) is 18.8 Å². The van der Waals surface area contributed by atoms with Crippen LogP contribution in [0.4, 0.5) is 24.7 Å². The van der Waals surface area contributed by atoms with E-state index in [-0.39, 0.29) is 35.9 Å². The molecule has 4 rings (SSSR count). The van der Waals surface area contributed by atoms with Crippen LogP contribution >= 0.6 is 0 Å². The zero-order chi connectivity index (χ0) is 28.0. The number of pyridine rings is 1. The van der Waals surface area contributed by atoms with E-state index in [0.29, 0.717) is 31.3 Å². The van der Waals surface area contributed by atoms with Crippen LogP contribution in [0.2, 0.25) is 0 Å². The van der Waals surface area contributed by atoms with Crippen molar-refractivity contribution in [3.05, 3.63) is 24.2 Å². The average Bonchev–Trinajstić information content (AvgIpc) is 3.16. The van der Waals surface area contributed by atoms with Crippen LogP contribution in [-0.4, -0.2) is 90.5 Å². The molecule has 0 aliphatic carbocycles. The normalized spacial score (nSPS) is 22.1. The van der Waals surface area contributed by atoms with Crippen molar-refractivity contribution < 1.29 is 31.1 Å². The van der Waals surface area contributed by atoms with E-state index in [9.17, 15) is 21.6 Å². The van der Waals surface area contributed by atoms with Gasteiger partial charge >= 0.3 is 6.18 Å². The van der Waals surface area contributed by atoms with Crippen LogP contribution in [0.3, 0.4) is 0 Å². The van der Waals surface area contributed by atoms with E-state index >= 15 is 0 Å². The van der Waals surface area contributed by atoms with Crippen LogP contribution in [0.15, 0.2) is 23.4 Å². The number of halogens is 3. The predicted molar refractivity (Wildman–Crippen MR) is 136 cm³/mol. The second-order valence-electron chi connectivity index (χ2n) is 10.7. The largest absolute Gasteiger partial charge is 0.472 e. The molecule has 0 radical (unpaired) electrons. The lowest BCUT2D eigenvalue weighted by Gasteiger charge is -2.42. The van der Waals surface area contributed by atoms with Gasteiger partial charge in [-0.3, -0.25) is 0 Å². The number of aromatic nitrogens is 3. The average molecular weight is 561 g/mol. The lowest BCUT2D eigenvalue weighted by Crippen LogP contribution is -2.60. The van der Waals surface area contributed by atoms with Crippen LogP contribution in [-0.2, 0) is 21.8 Å². The third kappa shape index (κ3) is 6.01. The number of piperazine rings is 1. The van der Waals surface area contributed by atoms with Gasteiger partial charge in [-0.05, 0) is 34.6 Å². The summed E-state index contributed by atoms with van der Waals surface area (Å²) in [6.07, 6.45) is -3.41. The van der Waals surface area contributed by atoms with Crippen molar-refractivity contribution >= 4 is 21.5 Å². The third-order valence-electron chi connectivity index (χ3n) is 6.59. The number of alkyl halides is 3. The van der Waals surface area contributed by atoms with Gasteiger partial charge in [-0.1, -0.05) is 0 Å². The van der Waals surface area contributed by atoms with Crippen LogP contribution in [0, 0.1) is 6.92 Å². The number of morpholine rings is 1. The van der Waals surface area contributed by atoms with E-state index in [2.05, 4.69) is 14.9 Å². The first kappa shape index (κ1) is 28.4. The summed E-state index contributed by atoms with van der Waals surface area (Å²) in [4.78, 5) is 11.7. The molecule has 1 unspecified atom stereocenters. The van der Waals surface area contributed by atoms with Crippen LogP contribution < -0.4 is 14.5 Å². The molecule has 0 aromatic carbocycles. The van der Waals surface area contributed by atoms with E-state index in [1.807, 2.05) is 27.7 Å². The standard InChI is InChI=1S/C24H35F3N6O4S/c1-16-15-36-10-9-32(16)18-11-20(29-21(12-18)37-23(3,4)5)33-8-7-31(13-19(33)24(25,26)27)38(34,35)22-14-30(6)17(2)28-22/h11-12,14,16,19H,7-10,13,15H2,1-6H3/t16-,19?/m1/s1. The molecule has 0 amide bonds. The Morgan fingerprint density at radius 1 is 1.08 bits per heavy atom. The van der Waals surface area contributed by atoms with Crippen LogP contribution in [0.5, 0.6) is 5.88 Å². The Morgan fingerprint density at radius 2 is 1.79 bits per heavy atom. The number of nitrogens with zero attached hydrogens (tertiary/aromatic N) is 6. The van der Waals surface area contributed by atoms with Gasteiger partial charge in [0.15, 0.2) is 5.03 Å². The molecule has 2 fully saturated rings. The Bertz CT molecular complexity index is 1240. The summed E-state index contributed by atoms with van der Waals surface area (Å²) >= 11 is 0. The maximum atomic E-state index is 14.4. The van der Waals surface area contributed by atoms with E-state index < -0.39 is 34.4 Å². The van der Waals surface area contributed by atoms with Gasteiger partial charge in [-0.25, -0.2) is 13.4 Å². The molecule has 212 valence electrons. The number of rotatable bonds is 5. The first-order valence-electron chi connectivity index (χ1n) is 12.5. The lowest BCUT2D eigenvalue weighted by atomic mass is 10.1. The summed E-state index contributed by atoms with van der Waals surface area (Å²) < 4.78 is 83.5. The Kier molecular flexibility index (Phi) is 7.62. The maximum absolute atomic E-state index is 14.4. The molecule has 2 aromatic heterocycles. The molecular formula is C24H35F3N6O4S. The van der Waals surface area contributed by atoms with Crippen LogP contribution in [0.1, 0.15) is 33.5 Å². The molecule has 14 heteroatoms. The number of aryl methyl sites for hydroxylation is 2. The minimum Gasteiger partial charge on any atom is -0.472 e. The van der Waals surface area contributed by atoms with Gasteiger partial charge in [0.1, 0.15) is 23.3 Å². The summed E-state index contributed by atoms with van der Waals surface area (Å²) in [7, 11) is -2.59. The molecule has 2 atom stereocenters. The van der Waals surface area contributed by atoms with Crippen molar-refractivity contribution in [3.8, 4) is 5.88 Å². The lowest BCUT2D eigenvalue weighted by molar-refractivity contribution is -0.153. The van der Waals surface area contributed by atoms with Gasteiger partial charge in [0.2, 0.25) is 5.88 Å². The van der Waals surface area contributed by atoms with E-state index in [1.165, 1.54) is 10.8 Å². The molecule has 0 saturated carbocycles. The highest BCUT2D eigenvalue weighted by atomic mass is 32.2. The predicted octanol–water partition coefficient (Wildman–Crippen LogP) is 2.97. The summed E-state index contributed by atoms with van der Waals surface area (Å²) in [5.41, 5.74) is 0.0428. The number of ether oxygens (including phenoxy) is 2. The zero-order valence-corrected chi connectivity index (χ0v) is 23.3. The molecule has 2 aliphatic rings. The van der Waals surface area contributed by atoms with E-state index in [1.54, 1.807) is 26.1 Å². The Hall–Kier alpha value is -2.58. The Labute approximate surface area is 221 Å². The van der Waals surface area contributed by atoms with Crippen molar-refractivity contribution in [2.24, 2.45) is 7.05 Å². The minimum absolute atomic E-state index is 0.00344. The molecule has 2 saturated heterocycles.